The van der Waals surface area contributed by atoms with Gasteiger partial charge < -0.3 is 4.90 Å². The predicted octanol–water partition coefficient (Wildman–Crippen LogP) is 0.586. The number of sulfonamides is 1. The monoisotopic (exact) mass is 280 g/mol. The number of nitrogens with one attached hydrogen (secondary N) is 1. The minimum Gasteiger partial charge on any atom is -0.341 e. The van der Waals surface area contributed by atoms with Crippen molar-refractivity contribution in [1.82, 2.24) is 9.62 Å². The Morgan fingerprint density at radius 3 is 2.63 bits per heavy atom. The van der Waals surface area contributed by atoms with Crippen molar-refractivity contribution in [1.29, 1.82) is 0 Å². The lowest BCUT2D eigenvalue weighted by molar-refractivity contribution is -0.128. The number of carbonyl (C=O) groups is 1. The fraction of sp³-hybridized carbons (Fsp3) is 0.462. The molecule has 0 unspecified atom stereocenters. The maximum Gasteiger partial charge on any atom is 0.241 e. The van der Waals surface area contributed by atoms with Crippen molar-refractivity contribution < 1.29 is 13.2 Å². The number of hydrogen-bond acceptors (Lipinski definition) is 3. The number of nitrogens with zero attached hydrogens (tertiary/aromatic N) is 1. The molecule has 2 atom stereocenters. The summed E-state index contributed by atoms with van der Waals surface area (Å²) in [6.07, 6.45) is 0.822. The topological polar surface area (TPSA) is 66.5 Å². The van der Waals surface area contributed by atoms with Gasteiger partial charge in [0.1, 0.15) is 0 Å². The van der Waals surface area contributed by atoms with Crippen molar-refractivity contribution in [3.8, 4) is 0 Å². The first-order chi connectivity index (χ1) is 8.93. The normalized spacial score (nSPS) is 29.1. The summed E-state index contributed by atoms with van der Waals surface area (Å²) in [7, 11) is -3.50. The standard InChI is InChI=1S/C13H16N2O3S/c1-10(16)15-8-11-7-13(11,9-15)14-19(17,18)12-5-3-2-4-6-12/h2-6,11,14H,7-9H2,1H3/t11-,13+/m1/s1. The Labute approximate surface area is 112 Å². The highest BCUT2D eigenvalue weighted by molar-refractivity contribution is 7.89. The smallest absolute Gasteiger partial charge is 0.241 e. The predicted molar refractivity (Wildman–Crippen MR) is 69.9 cm³/mol. The molecule has 2 fully saturated rings. The van der Waals surface area contributed by atoms with Crippen LogP contribution in [0.4, 0.5) is 0 Å². The lowest BCUT2D eigenvalue weighted by Crippen LogP contribution is -2.43. The molecule has 0 bridgehead atoms. The Bertz CT molecular complexity index is 614. The number of rotatable bonds is 3. The van der Waals surface area contributed by atoms with E-state index in [1.54, 1.807) is 35.2 Å². The second-order valence-corrected chi connectivity index (χ2v) is 7.06. The summed E-state index contributed by atoms with van der Waals surface area (Å²) in [5.41, 5.74) is -0.430. The van der Waals surface area contributed by atoms with Crippen molar-refractivity contribution in [3.05, 3.63) is 30.3 Å². The van der Waals surface area contributed by atoms with Gasteiger partial charge in [-0.25, -0.2) is 13.1 Å². The fourth-order valence-corrected chi connectivity index (χ4v) is 4.29. The zero-order valence-corrected chi connectivity index (χ0v) is 11.5. The molecule has 1 saturated heterocycles. The Kier molecular flexibility index (Phi) is 2.69. The van der Waals surface area contributed by atoms with Gasteiger partial charge in [-0.3, -0.25) is 4.79 Å². The summed E-state index contributed by atoms with van der Waals surface area (Å²) in [5, 5.41) is 0. The van der Waals surface area contributed by atoms with Crippen molar-refractivity contribution in [2.45, 2.75) is 23.8 Å². The highest BCUT2D eigenvalue weighted by atomic mass is 32.2. The van der Waals surface area contributed by atoms with Gasteiger partial charge >= 0.3 is 0 Å². The molecule has 0 radical (unpaired) electrons. The van der Waals surface area contributed by atoms with E-state index < -0.39 is 15.6 Å². The van der Waals surface area contributed by atoms with E-state index in [0.717, 1.165) is 6.42 Å². The number of likely N-dealkylation sites (tertiary alicyclic amines) is 1. The number of fused-ring (bicyclic) bond motifs is 1. The van der Waals surface area contributed by atoms with Crippen molar-refractivity contribution in [3.63, 3.8) is 0 Å². The zero-order valence-electron chi connectivity index (χ0n) is 10.7. The minimum absolute atomic E-state index is 0.00508. The third kappa shape index (κ3) is 2.15. The van der Waals surface area contributed by atoms with Gasteiger partial charge in [0.05, 0.1) is 10.4 Å². The molecule has 3 rings (SSSR count). The molecule has 1 aliphatic carbocycles. The highest BCUT2D eigenvalue weighted by Gasteiger charge is 2.62. The minimum atomic E-state index is -3.50. The molecular formula is C13H16N2O3S. The molecule has 5 nitrogen and oxygen atoms in total. The lowest BCUT2D eigenvalue weighted by Gasteiger charge is -2.20. The number of hydrogen-bond donors (Lipinski definition) is 1. The summed E-state index contributed by atoms with van der Waals surface area (Å²) in [4.78, 5) is 13.3. The Morgan fingerprint density at radius 1 is 1.37 bits per heavy atom. The van der Waals surface area contributed by atoms with E-state index >= 15 is 0 Å². The summed E-state index contributed by atoms with van der Waals surface area (Å²) < 4.78 is 27.3. The lowest BCUT2D eigenvalue weighted by atomic mass is 10.3. The van der Waals surface area contributed by atoms with Crippen LogP contribution in [0.5, 0.6) is 0 Å². The van der Waals surface area contributed by atoms with E-state index in [1.807, 2.05) is 0 Å². The van der Waals surface area contributed by atoms with E-state index in [2.05, 4.69) is 4.72 Å². The van der Waals surface area contributed by atoms with Gasteiger partial charge in [-0.15, -0.1) is 0 Å². The highest BCUT2D eigenvalue weighted by Crippen LogP contribution is 2.50. The Morgan fingerprint density at radius 2 is 2.05 bits per heavy atom. The molecule has 1 N–H and O–H groups in total. The molecule has 1 aromatic rings. The van der Waals surface area contributed by atoms with Crippen LogP contribution in [-0.2, 0) is 14.8 Å². The first-order valence-electron chi connectivity index (χ1n) is 6.27. The van der Waals surface area contributed by atoms with Gasteiger partial charge in [-0.2, -0.15) is 0 Å². The molecule has 1 amide bonds. The Balaban J connectivity index is 1.79. The van der Waals surface area contributed by atoms with E-state index in [1.165, 1.54) is 6.92 Å². The van der Waals surface area contributed by atoms with E-state index in [4.69, 9.17) is 0 Å². The van der Waals surface area contributed by atoms with Crippen molar-refractivity contribution in [2.75, 3.05) is 13.1 Å². The quantitative estimate of drug-likeness (QED) is 0.881. The first-order valence-corrected chi connectivity index (χ1v) is 7.76. The van der Waals surface area contributed by atoms with Gasteiger partial charge in [0, 0.05) is 20.0 Å². The molecule has 1 aromatic carbocycles. The maximum absolute atomic E-state index is 12.3. The second-order valence-electron chi connectivity index (χ2n) is 5.38. The molecule has 1 saturated carbocycles. The largest absolute Gasteiger partial charge is 0.341 e. The third-order valence-electron chi connectivity index (χ3n) is 3.98. The van der Waals surface area contributed by atoms with Crippen LogP contribution in [-0.4, -0.2) is 37.9 Å². The van der Waals surface area contributed by atoms with Crippen molar-refractivity contribution in [2.24, 2.45) is 5.92 Å². The SMILES string of the molecule is CC(=O)N1C[C@H]2C[C@]2(NS(=O)(=O)c2ccccc2)C1. The molecule has 19 heavy (non-hydrogen) atoms. The summed E-state index contributed by atoms with van der Waals surface area (Å²) in [5.74, 6) is 0.264. The molecule has 1 aliphatic heterocycles. The van der Waals surface area contributed by atoms with Crippen LogP contribution in [0.1, 0.15) is 13.3 Å². The molecule has 6 heteroatoms. The van der Waals surface area contributed by atoms with Crippen LogP contribution in [0.2, 0.25) is 0 Å². The fourth-order valence-electron chi connectivity index (χ4n) is 2.81. The molecule has 0 spiro atoms. The zero-order chi connectivity index (χ0) is 13.7. The average molecular weight is 280 g/mol. The maximum atomic E-state index is 12.3. The second kappa shape index (κ2) is 4.05. The molecule has 0 aromatic heterocycles. The van der Waals surface area contributed by atoms with Gasteiger partial charge in [0.15, 0.2) is 0 Å². The van der Waals surface area contributed by atoms with Crippen LogP contribution in [0.3, 0.4) is 0 Å². The van der Waals surface area contributed by atoms with Crippen LogP contribution in [0, 0.1) is 5.92 Å². The van der Waals surface area contributed by atoms with E-state index in [0.29, 0.717) is 13.1 Å². The summed E-state index contributed by atoms with van der Waals surface area (Å²) in [6.45, 7) is 2.66. The molecule has 1 heterocycles. The number of carbonyl (C=O) groups excluding carboxylic acids is 1. The van der Waals surface area contributed by atoms with Crippen LogP contribution < -0.4 is 4.72 Å². The summed E-state index contributed by atoms with van der Waals surface area (Å²) in [6, 6.07) is 8.34. The van der Waals surface area contributed by atoms with Crippen LogP contribution in [0.25, 0.3) is 0 Å². The Hall–Kier alpha value is -1.40. The van der Waals surface area contributed by atoms with Crippen LogP contribution >= 0.6 is 0 Å². The number of amides is 1. The first kappa shape index (κ1) is 12.6. The average Bonchev–Trinajstić information content (AvgIpc) is 2.90. The van der Waals surface area contributed by atoms with E-state index in [-0.39, 0.29) is 16.7 Å². The molecular weight excluding hydrogens is 264 g/mol. The molecule has 2 aliphatic rings. The van der Waals surface area contributed by atoms with Crippen LogP contribution in [0.15, 0.2) is 35.2 Å². The molecule has 102 valence electrons. The van der Waals surface area contributed by atoms with Crippen molar-refractivity contribution >= 4 is 15.9 Å². The summed E-state index contributed by atoms with van der Waals surface area (Å²) >= 11 is 0. The van der Waals surface area contributed by atoms with Gasteiger partial charge in [-0.05, 0) is 24.5 Å². The van der Waals surface area contributed by atoms with Gasteiger partial charge in [0.25, 0.3) is 0 Å². The third-order valence-corrected chi connectivity index (χ3v) is 5.55. The van der Waals surface area contributed by atoms with Gasteiger partial charge in [-0.1, -0.05) is 18.2 Å². The van der Waals surface area contributed by atoms with E-state index in [9.17, 15) is 13.2 Å². The number of piperidine rings is 1. The van der Waals surface area contributed by atoms with Gasteiger partial charge in [0.2, 0.25) is 15.9 Å². The number of benzene rings is 1.